The number of nitrogens with two attached hydrogens (primary N) is 1. The predicted octanol–water partition coefficient (Wildman–Crippen LogP) is 3.71. The number of para-hydroxylation sites is 1. The second-order valence-electron chi connectivity index (χ2n) is 6.07. The second kappa shape index (κ2) is 7.21. The molecule has 0 unspecified atom stereocenters. The third kappa shape index (κ3) is 3.71. The molecule has 0 aliphatic rings. The lowest BCUT2D eigenvalue weighted by molar-refractivity contribution is -0.137. The molecule has 0 saturated heterocycles. The molecule has 1 aromatic heterocycles. The van der Waals surface area contributed by atoms with Crippen LogP contribution in [0.25, 0.3) is 10.9 Å². The molecule has 0 aliphatic heterocycles. The van der Waals surface area contributed by atoms with Crippen molar-refractivity contribution in [3.63, 3.8) is 0 Å². The summed E-state index contributed by atoms with van der Waals surface area (Å²) in [7, 11) is 0. The topological polar surface area (TPSA) is 85.3 Å². The summed E-state index contributed by atoms with van der Waals surface area (Å²) in [6.45, 7) is 0. The number of unbranched alkanes of at least 4 members (excludes halogenated alkanes) is 1. The van der Waals surface area contributed by atoms with Crippen molar-refractivity contribution < 1.29 is 14.7 Å². The lowest BCUT2D eigenvalue weighted by Crippen LogP contribution is -2.11. The minimum Gasteiger partial charge on any atom is -0.481 e. The number of rotatable bonds is 6. The standard InChI is InChI=1S/C20H20N2O3/c21-16-8-5-7-14(12-16)20(25)22-13-15(6-1-4-11-19(23)24)17-9-2-3-10-18(17)22/h2-3,5,7-10,12-13H,1,4,6,11,21H2,(H,23,24). The molecule has 0 radical (unpaired) electrons. The van der Waals surface area contributed by atoms with E-state index in [0.29, 0.717) is 17.7 Å². The van der Waals surface area contributed by atoms with Crippen LogP contribution >= 0.6 is 0 Å². The molecule has 5 nitrogen and oxygen atoms in total. The molecule has 0 bridgehead atoms. The van der Waals surface area contributed by atoms with Crippen LogP contribution in [-0.2, 0) is 11.2 Å². The molecule has 0 saturated carbocycles. The molecule has 2 aromatic carbocycles. The number of benzene rings is 2. The number of hydrogen-bond donors (Lipinski definition) is 2. The van der Waals surface area contributed by atoms with Crippen molar-refractivity contribution in [1.29, 1.82) is 0 Å². The van der Waals surface area contributed by atoms with Crippen molar-refractivity contribution >= 4 is 28.5 Å². The third-order valence-corrected chi connectivity index (χ3v) is 4.23. The number of aryl methyl sites for hydroxylation is 1. The Balaban J connectivity index is 1.91. The van der Waals surface area contributed by atoms with E-state index < -0.39 is 5.97 Å². The molecule has 3 rings (SSSR count). The van der Waals surface area contributed by atoms with E-state index in [4.69, 9.17) is 10.8 Å². The Bertz CT molecular complexity index is 928. The average Bonchev–Trinajstić information content (AvgIpc) is 2.97. The van der Waals surface area contributed by atoms with Gasteiger partial charge in [-0.15, -0.1) is 0 Å². The van der Waals surface area contributed by atoms with Gasteiger partial charge in [0, 0.05) is 29.3 Å². The van der Waals surface area contributed by atoms with Gasteiger partial charge in [-0.3, -0.25) is 14.2 Å². The van der Waals surface area contributed by atoms with Gasteiger partial charge in [-0.05, 0) is 49.1 Å². The normalized spacial score (nSPS) is 10.9. The zero-order valence-electron chi connectivity index (χ0n) is 13.8. The number of carboxylic acids is 1. The Hall–Kier alpha value is -3.08. The summed E-state index contributed by atoms with van der Waals surface area (Å²) in [5.74, 6) is -0.903. The Kier molecular flexibility index (Phi) is 4.84. The van der Waals surface area contributed by atoms with Crippen LogP contribution in [0.15, 0.2) is 54.7 Å². The van der Waals surface area contributed by atoms with Gasteiger partial charge in [0.15, 0.2) is 0 Å². The van der Waals surface area contributed by atoms with Crippen LogP contribution in [0.5, 0.6) is 0 Å². The third-order valence-electron chi connectivity index (χ3n) is 4.23. The number of hydrogen-bond acceptors (Lipinski definition) is 3. The van der Waals surface area contributed by atoms with Crippen LogP contribution < -0.4 is 5.73 Å². The number of aromatic nitrogens is 1. The van der Waals surface area contributed by atoms with Gasteiger partial charge in [-0.25, -0.2) is 0 Å². The summed E-state index contributed by atoms with van der Waals surface area (Å²) in [4.78, 5) is 23.5. The molecule has 0 atom stereocenters. The Morgan fingerprint density at radius 3 is 2.60 bits per heavy atom. The number of fused-ring (bicyclic) bond motifs is 1. The molecule has 3 aromatic rings. The number of carboxylic acid groups (broad SMARTS) is 1. The molecule has 0 fully saturated rings. The van der Waals surface area contributed by atoms with E-state index in [0.717, 1.165) is 29.3 Å². The smallest absolute Gasteiger partial charge is 0.303 e. The lowest BCUT2D eigenvalue weighted by Gasteiger charge is -2.04. The first kappa shape index (κ1) is 16.8. The maximum Gasteiger partial charge on any atom is 0.303 e. The summed E-state index contributed by atoms with van der Waals surface area (Å²) >= 11 is 0. The van der Waals surface area contributed by atoms with Gasteiger partial charge in [-0.1, -0.05) is 24.3 Å². The summed E-state index contributed by atoms with van der Waals surface area (Å²) in [5, 5.41) is 9.77. The molecule has 25 heavy (non-hydrogen) atoms. The van der Waals surface area contributed by atoms with Crippen molar-refractivity contribution in [3.8, 4) is 0 Å². The zero-order valence-corrected chi connectivity index (χ0v) is 13.8. The van der Waals surface area contributed by atoms with Gasteiger partial charge in [0.25, 0.3) is 5.91 Å². The molecule has 5 heteroatoms. The maximum absolute atomic E-state index is 12.9. The van der Waals surface area contributed by atoms with Crippen LogP contribution in [0.1, 0.15) is 35.2 Å². The van der Waals surface area contributed by atoms with Gasteiger partial charge in [0.2, 0.25) is 0 Å². The molecule has 128 valence electrons. The molecule has 3 N–H and O–H groups in total. The molecular formula is C20H20N2O3. The number of aliphatic carboxylic acids is 1. The van der Waals surface area contributed by atoms with Crippen molar-refractivity contribution in [2.45, 2.75) is 25.7 Å². The Morgan fingerprint density at radius 1 is 1.04 bits per heavy atom. The minimum atomic E-state index is -0.778. The summed E-state index contributed by atoms with van der Waals surface area (Å²) < 4.78 is 1.65. The van der Waals surface area contributed by atoms with Crippen molar-refractivity contribution in [2.75, 3.05) is 5.73 Å². The van der Waals surface area contributed by atoms with Gasteiger partial charge in [0.1, 0.15) is 0 Å². The van der Waals surface area contributed by atoms with E-state index in [1.165, 1.54) is 0 Å². The van der Waals surface area contributed by atoms with Gasteiger partial charge >= 0.3 is 5.97 Å². The highest BCUT2D eigenvalue weighted by molar-refractivity contribution is 6.03. The second-order valence-corrected chi connectivity index (χ2v) is 6.07. The largest absolute Gasteiger partial charge is 0.481 e. The summed E-state index contributed by atoms with van der Waals surface area (Å²) in [6, 6.07) is 14.7. The van der Waals surface area contributed by atoms with Crippen molar-refractivity contribution in [3.05, 3.63) is 65.9 Å². The molecule has 1 heterocycles. The first-order chi connectivity index (χ1) is 12.1. The minimum absolute atomic E-state index is 0.125. The first-order valence-electron chi connectivity index (χ1n) is 8.27. The Morgan fingerprint density at radius 2 is 1.84 bits per heavy atom. The summed E-state index contributed by atoms with van der Waals surface area (Å²) in [6.07, 6.45) is 4.16. The van der Waals surface area contributed by atoms with Gasteiger partial charge in [0.05, 0.1) is 5.52 Å². The lowest BCUT2D eigenvalue weighted by atomic mass is 10.1. The fourth-order valence-electron chi connectivity index (χ4n) is 3.02. The molecule has 0 aliphatic carbocycles. The quantitative estimate of drug-likeness (QED) is 0.531. The number of nitrogens with zero attached hydrogens (tertiary/aromatic N) is 1. The highest BCUT2D eigenvalue weighted by Gasteiger charge is 2.15. The molecule has 0 spiro atoms. The fourth-order valence-corrected chi connectivity index (χ4v) is 3.02. The number of carbonyl (C=O) groups is 2. The molecule has 0 amide bonds. The van der Waals surface area contributed by atoms with Crippen LogP contribution in [0.2, 0.25) is 0 Å². The zero-order chi connectivity index (χ0) is 17.8. The fraction of sp³-hybridized carbons (Fsp3) is 0.200. The maximum atomic E-state index is 12.9. The van der Waals surface area contributed by atoms with Crippen LogP contribution in [-0.4, -0.2) is 21.6 Å². The van der Waals surface area contributed by atoms with E-state index in [1.54, 1.807) is 28.8 Å². The monoisotopic (exact) mass is 336 g/mol. The van der Waals surface area contributed by atoms with E-state index in [2.05, 4.69) is 0 Å². The summed E-state index contributed by atoms with van der Waals surface area (Å²) in [5.41, 5.74) is 8.78. The van der Waals surface area contributed by atoms with Crippen LogP contribution in [0, 0.1) is 0 Å². The van der Waals surface area contributed by atoms with E-state index in [9.17, 15) is 9.59 Å². The van der Waals surface area contributed by atoms with Crippen molar-refractivity contribution in [2.24, 2.45) is 0 Å². The number of carbonyl (C=O) groups excluding carboxylic acids is 1. The predicted molar refractivity (Wildman–Crippen MR) is 97.7 cm³/mol. The van der Waals surface area contributed by atoms with Crippen LogP contribution in [0.3, 0.4) is 0 Å². The van der Waals surface area contributed by atoms with Crippen LogP contribution in [0.4, 0.5) is 5.69 Å². The van der Waals surface area contributed by atoms with Gasteiger partial charge < -0.3 is 10.8 Å². The SMILES string of the molecule is Nc1cccc(C(=O)n2cc(CCCCC(=O)O)c3ccccc32)c1. The number of nitrogen functional groups attached to an aromatic ring is 1. The van der Waals surface area contributed by atoms with Gasteiger partial charge in [-0.2, -0.15) is 0 Å². The Labute approximate surface area is 145 Å². The molecular weight excluding hydrogens is 316 g/mol. The number of anilines is 1. The average molecular weight is 336 g/mol. The first-order valence-corrected chi connectivity index (χ1v) is 8.27. The van der Waals surface area contributed by atoms with E-state index >= 15 is 0 Å². The van der Waals surface area contributed by atoms with E-state index in [-0.39, 0.29) is 12.3 Å². The highest BCUT2D eigenvalue weighted by atomic mass is 16.4. The highest BCUT2D eigenvalue weighted by Crippen LogP contribution is 2.24. The van der Waals surface area contributed by atoms with Crippen molar-refractivity contribution in [1.82, 2.24) is 4.57 Å². The van der Waals surface area contributed by atoms with E-state index in [1.807, 2.05) is 30.5 Å².